The second-order valence-electron chi connectivity index (χ2n) is 5.64. The first-order chi connectivity index (χ1) is 12.2. The third-order valence-corrected chi connectivity index (χ3v) is 4.54. The molecule has 0 saturated carbocycles. The van der Waals surface area contributed by atoms with Crippen molar-refractivity contribution in [3.05, 3.63) is 71.7 Å². The van der Waals surface area contributed by atoms with Gasteiger partial charge in [-0.3, -0.25) is 4.79 Å². The number of rotatable bonds is 6. The van der Waals surface area contributed by atoms with E-state index in [1.54, 1.807) is 17.1 Å². The van der Waals surface area contributed by atoms with Gasteiger partial charge in [0.15, 0.2) is 5.82 Å². The van der Waals surface area contributed by atoms with Crippen molar-refractivity contribution in [3.63, 3.8) is 0 Å². The molecule has 0 saturated heterocycles. The molecule has 0 aliphatic heterocycles. The molecule has 0 radical (unpaired) electrons. The molecule has 0 unspecified atom stereocenters. The molecule has 3 rings (SSSR count). The largest absolute Gasteiger partial charge is 0.322 e. The van der Waals surface area contributed by atoms with Crippen molar-refractivity contribution in [3.8, 4) is 5.82 Å². The molecule has 0 aliphatic carbocycles. The monoisotopic (exact) mass is 352 g/mol. The Bertz CT molecular complexity index is 844. The van der Waals surface area contributed by atoms with Crippen molar-refractivity contribution >= 4 is 23.4 Å². The fourth-order valence-electron chi connectivity index (χ4n) is 2.52. The van der Waals surface area contributed by atoms with E-state index in [9.17, 15) is 4.79 Å². The van der Waals surface area contributed by atoms with Crippen LogP contribution in [0.5, 0.6) is 0 Å². The van der Waals surface area contributed by atoms with E-state index < -0.39 is 0 Å². The molecular formula is C19H20N4OS. The topological polar surface area (TPSA) is 59.8 Å². The first-order valence-corrected chi connectivity index (χ1v) is 9.43. The molecule has 6 heteroatoms. The van der Waals surface area contributed by atoms with Crippen LogP contribution in [-0.4, -0.2) is 32.7 Å². The number of hydrogen-bond donors (Lipinski definition) is 1. The maximum absolute atomic E-state index is 12.5. The summed E-state index contributed by atoms with van der Waals surface area (Å²) in [6.07, 6.45) is 6.41. The lowest BCUT2D eigenvalue weighted by molar-refractivity contribution is 0.102. The van der Waals surface area contributed by atoms with E-state index in [1.807, 2.05) is 49.0 Å². The van der Waals surface area contributed by atoms with Crippen molar-refractivity contribution in [2.75, 3.05) is 17.3 Å². The van der Waals surface area contributed by atoms with Gasteiger partial charge >= 0.3 is 0 Å². The van der Waals surface area contributed by atoms with E-state index in [0.717, 1.165) is 23.6 Å². The Labute approximate surface area is 151 Å². The van der Waals surface area contributed by atoms with Gasteiger partial charge in [-0.1, -0.05) is 18.2 Å². The predicted octanol–water partition coefficient (Wildman–Crippen LogP) is 3.73. The van der Waals surface area contributed by atoms with Crippen molar-refractivity contribution in [2.24, 2.45) is 0 Å². The first kappa shape index (κ1) is 17.2. The fourth-order valence-corrected chi connectivity index (χ4v) is 2.96. The number of benzene rings is 1. The summed E-state index contributed by atoms with van der Waals surface area (Å²) in [7, 11) is 0. The molecule has 2 heterocycles. The van der Waals surface area contributed by atoms with Crippen LogP contribution in [0.3, 0.4) is 0 Å². The summed E-state index contributed by atoms with van der Waals surface area (Å²) in [5, 5.41) is 7.22. The Balaban J connectivity index is 1.73. The lowest BCUT2D eigenvalue weighted by atomic mass is 10.1. The number of pyridine rings is 1. The highest BCUT2D eigenvalue weighted by Gasteiger charge is 2.15. The highest BCUT2D eigenvalue weighted by molar-refractivity contribution is 7.98. The zero-order valence-electron chi connectivity index (χ0n) is 14.3. The fraction of sp³-hybridized carbons (Fsp3) is 0.211. The standard InChI is InChI=1S/C19H20N4OS/c1-14-17(13-21-23(14)18-5-3-4-11-20-18)19(24)22-16-8-6-15(7-9-16)10-12-25-2/h3-9,11,13H,10,12H2,1-2H3,(H,22,24). The lowest BCUT2D eigenvalue weighted by Crippen LogP contribution is -2.13. The van der Waals surface area contributed by atoms with Gasteiger partial charge in [-0.2, -0.15) is 16.9 Å². The van der Waals surface area contributed by atoms with E-state index in [2.05, 4.69) is 33.8 Å². The van der Waals surface area contributed by atoms with Gasteiger partial charge in [0.25, 0.3) is 5.91 Å². The van der Waals surface area contributed by atoms with Crippen LogP contribution in [0.1, 0.15) is 21.6 Å². The molecule has 0 bridgehead atoms. The number of anilines is 1. The van der Waals surface area contributed by atoms with Crippen LogP contribution in [0.4, 0.5) is 5.69 Å². The summed E-state index contributed by atoms with van der Waals surface area (Å²) in [6, 6.07) is 13.6. The number of aryl methyl sites for hydroxylation is 1. The van der Waals surface area contributed by atoms with Crippen molar-refractivity contribution in [1.29, 1.82) is 0 Å². The van der Waals surface area contributed by atoms with Gasteiger partial charge in [0.05, 0.1) is 17.5 Å². The summed E-state index contributed by atoms with van der Waals surface area (Å²) < 4.78 is 1.67. The van der Waals surface area contributed by atoms with Crippen LogP contribution in [0, 0.1) is 6.92 Å². The second kappa shape index (κ2) is 7.98. The highest BCUT2D eigenvalue weighted by atomic mass is 32.2. The third kappa shape index (κ3) is 4.09. The Morgan fingerprint density at radius 1 is 1.20 bits per heavy atom. The van der Waals surface area contributed by atoms with E-state index in [1.165, 1.54) is 5.56 Å². The molecule has 0 fully saturated rings. The van der Waals surface area contributed by atoms with Crippen molar-refractivity contribution in [2.45, 2.75) is 13.3 Å². The predicted molar refractivity (Wildman–Crippen MR) is 103 cm³/mol. The van der Waals surface area contributed by atoms with E-state index >= 15 is 0 Å². The first-order valence-electron chi connectivity index (χ1n) is 8.04. The number of nitrogens with one attached hydrogen (secondary N) is 1. The van der Waals surface area contributed by atoms with Gasteiger partial charge in [-0.05, 0) is 55.2 Å². The van der Waals surface area contributed by atoms with Gasteiger partial charge in [0.1, 0.15) is 0 Å². The molecule has 0 aliphatic rings. The Morgan fingerprint density at radius 2 is 2.00 bits per heavy atom. The quantitative estimate of drug-likeness (QED) is 0.734. The Kier molecular flexibility index (Phi) is 5.50. The van der Waals surface area contributed by atoms with E-state index in [-0.39, 0.29) is 5.91 Å². The van der Waals surface area contributed by atoms with Crippen LogP contribution < -0.4 is 5.32 Å². The molecule has 25 heavy (non-hydrogen) atoms. The number of carbonyl (C=O) groups is 1. The zero-order valence-corrected chi connectivity index (χ0v) is 15.1. The Morgan fingerprint density at radius 3 is 2.68 bits per heavy atom. The van der Waals surface area contributed by atoms with Crippen molar-refractivity contribution in [1.82, 2.24) is 14.8 Å². The average molecular weight is 352 g/mol. The van der Waals surface area contributed by atoms with E-state index in [4.69, 9.17) is 0 Å². The van der Waals surface area contributed by atoms with Crippen molar-refractivity contribution < 1.29 is 4.79 Å². The normalized spacial score (nSPS) is 10.6. The third-order valence-electron chi connectivity index (χ3n) is 3.93. The molecule has 5 nitrogen and oxygen atoms in total. The van der Waals surface area contributed by atoms with Crippen LogP contribution in [0.25, 0.3) is 5.82 Å². The molecular weight excluding hydrogens is 332 g/mol. The highest BCUT2D eigenvalue weighted by Crippen LogP contribution is 2.16. The summed E-state index contributed by atoms with van der Waals surface area (Å²) in [5.74, 6) is 1.62. The molecule has 128 valence electrons. The Hall–Kier alpha value is -2.60. The molecule has 2 aromatic heterocycles. The van der Waals surface area contributed by atoms with Crippen LogP contribution in [0.15, 0.2) is 54.9 Å². The molecule has 1 N–H and O–H groups in total. The SMILES string of the molecule is CSCCc1ccc(NC(=O)c2cnn(-c3ccccn3)c2C)cc1. The number of amides is 1. The maximum Gasteiger partial charge on any atom is 0.259 e. The number of hydrogen-bond acceptors (Lipinski definition) is 4. The van der Waals surface area contributed by atoms with Gasteiger partial charge in [-0.15, -0.1) is 0 Å². The zero-order chi connectivity index (χ0) is 17.6. The summed E-state index contributed by atoms with van der Waals surface area (Å²) in [4.78, 5) is 16.8. The molecule has 0 atom stereocenters. The number of thioether (sulfide) groups is 1. The minimum absolute atomic E-state index is 0.170. The molecule has 0 spiro atoms. The number of aromatic nitrogens is 3. The number of carbonyl (C=O) groups excluding carboxylic acids is 1. The number of nitrogens with zero attached hydrogens (tertiary/aromatic N) is 3. The van der Waals surface area contributed by atoms with Gasteiger partial charge in [-0.25, -0.2) is 9.67 Å². The minimum Gasteiger partial charge on any atom is -0.322 e. The summed E-state index contributed by atoms with van der Waals surface area (Å²) in [5.41, 5.74) is 3.35. The van der Waals surface area contributed by atoms with Crippen LogP contribution in [0.2, 0.25) is 0 Å². The second-order valence-corrected chi connectivity index (χ2v) is 6.62. The average Bonchev–Trinajstić information content (AvgIpc) is 3.03. The molecule has 1 aromatic carbocycles. The lowest BCUT2D eigenvalue weighted by Gasteiger charge is -2.07. The van der Waals surface area contributed by atoms with Gasteiger partial charge < -0.3 is 5.32 Å². The van der Waals surface area contributed by atoms with Gasteiger partial charge in [0.2, 0.25) is 0 Å². The molecule has 3 aromatic rings. The summed E-state index contributed by atoms with van der Waals surface area (Å²) in [6.45, 7) is 1.86. The van der Waals surface area contributed by atoms with Crippen LogP contribution >= 0.6 is 11.8 Å². The van der Waals surface area contributed by atoms with E-state index in [0.29, 0.717) is 11.4 Å². The minimum atomic E-state index is -0.170. The molecule has 1 amide bonds. The van der Waals surface area contributed by atoms with Crippen LogP contribution in [-0.2, 0) is 6.42 Å². The smallest absolute Gasteiger partial charge is 0.259 e. The van der Waals surface area contributed by atoms with Gasteiger partial charge in [0, 0.05) is 11.9 Å². The summed E-state index contributed by atoms with van der Waals surface area (Å²) >= 11 is 1.83. The maximum atomic E-state index is 12.5.